The number of aromatic nitrogens is 3. The molecule has 1 N–H and O–H groups in total. The molecule has 6 aromatic rings. The predicted molar refractivity (Wildman–Crippen MR) is 202 cm³/mol. The lowest BCUT2D eigenvalue weighted by Gasteiger charge is -2.35. The first-order valence-electron chi connectivity index (χ1n) is 16.8. The molecule has 50 heavy (non-hydrogen) atoms. The van der Waals surface area contributed by atoms with Crippen LogP contribution in [0.3, 0.4) is 0 Å². The van der Waals surface area contributed by atoms with Crippen LogP contribution < -0.4 is 9.64 Å². The maximum Gasteiger partial charge on any atom is 0.337 e. The third-order valence-corrected chi connectivity index (χ3v) is 11.1. The summed E-state index contributed by atoms with van der Waals surface area (Å²) in [5.41, 5.74) is 10.3. The Kier molecular flexibility index (Phi) is 8.51. The normalized spacial score (nSPS) is 14.6. The van der Waals surface area contributed by atoms with Crippen molar-refractivity contribution in [1.29, 1.82) is 0 Å². The number of nitrogens with zero attached hydrogens (tertiary/aromatic N) is 4. The summed E-state index contributed by atoms with van der Waals surface area (Å²) < 4.78 is 12.3. The Balaban J connectivity index is 1.38. The minimum absolute atomic E-state index is 0.119. The third-order valence-electron chi connectivity index (χ3n) is 10.2. The molecule has 3 aromatic carbocycles. The number of amides is 1. The molecule has 8 nitrogen and oxygen atoms in total. The van der Waals surface area contributed by atoms with Gasteiger partial charge in [0.1, 0.15) is 11.4 Å². The van der Waals surface area contributed by atoms with Crippen LogP contribution in [0.15, 0.2) is 54.9 Å². The molecule has 1 amide bonds. The van der Waals surface area contributed by atoms with E-state index >= 15 is 0 Å². The summed E-state index contributed by atoms with van der Waals surface area (Å²) in [5, 5.41) is 12.9. The second kappa shape index (κ2) is 12.6. The summed E-state index contributed by atoms with van der Waals surface area (Å²) in [6.45, 7) is 11.1. The Morgan fingerprint density at radius 1 is 0.920 bits per heavy atom. The summed E-state index contributed by atoms with van der Waals surface area (Å²) in [5.74, 6) is -0.367. The molecule has 0 bridgehead atoms. The molecule has 0 spiro atoms. The van der Waals surface area contributed by atoms with E-state index in [-0.39, 0.29) is 17.5 Å². The van der Waals surface area contributed by atoms with Gasteiger partial charge in [-0.05, 0) is 94.0 Å². The fourth-order valence-corrected chi connectivity index (χ4v) is 8.28. The second-order valence-electron chi connectivity index (χ2n) is 13.6. The number of aromatic carboxylic acids is 1. The predicted octanol–water partition coefficient (Wildman–Crippen LogP) is 9.61. The van der Waals surface area contributed by atoms with Crippen LogP contribution in [-0.2, 0) is 20.5 Å². The number of para-hydroxylation sites is 1. The largest absolute Gasteiger partial charge is 0.494 e. The van der Waals surface area contributed by atoms with Gasteiger partial charge in [0.2, 0.25) is 0 Å². The number of halogens is 2. The van der Waals surface area contributed by atoms with Crippen molar-refractivity contribution in [2.24, 2.45) is 14.1 Å². The number of rotatable bonds is 8. The van der Waals surface area contributed by atoms with Crippen molar-refractivity contribution in [3.63, 3.8) is 0 Å². The molecule has 1 aliphatic heterocycles. The van der Waals surface area contributed by atoms with Crippen LogP contribution in [0, 0.1) is 27.7 Å². The smallest absolute Gasteiger partial charge is 0.337 e. The number of carbonyl (C=O) groups is 2. The molecule has 10 heteroatoms. The Hall–Kier alpha value is -4.66. The number of anilines is 1. The summed E-state index contributed by atoms with van der Waals surface area (Å²) in [6, 6.07) is 13.3. The third kappa shape index (κ3) is 5.28. The van der Waals surface area contributed by atoms with Crippen LogP contribution in [0.5, 0.6) is 5.75 Å². The van der Waals surface area contributed by atoms with E-state index in [9.17, 15) is 14.7 Å². The van der Waals surface area contributed by atoms with Gasteiger partial charge in [-0.25, -0.2) is 4.79 Å². The van der Waals surface area contributed by atoms with Gasteiger partial charge in [0.05, 0.1) is 33.9 Å². The number of hydrogen-bond acceptors (Lipinski definition) is 3. The number of ether oxygens (including phenoxy) is 1. The van der Waals surface area contributed by atoms with Gasteiger partial charge in [0, 0.05) is 71.7 Å². The zero-order chi connectivity index (χ0) is 35.8. The van der Waals surface area contributed by atoms with Crippen LogP contribution in [0.1, 0.15) is 68.2 Å². The van der Waals surface area contributed by atoms with Gasteiger partial charge >= 0.3 is 5.97 Å². The molecule has 0 fully saturated rings. The summed E-state index contributed by atoms with van der Waals surface area (Å²) in [4.78, 5) is 28.9. The number of aryl methyl sites for hydroxylation is 6. The SMILES string of the molecule is Cc1cc(OCCCc2c3n(c4c(-c5c(C)cn(C)c5C)c(Cl)ccc24)[C@H](C)CN(c2cccc4c(C(=O)O)cn(C)c24)C3=O)cc(C)c1Cl. The summed E-state index contributed by atoms with van der Waals surface area (Å²) in [7, 11) is 3.85. The highest BCUT2D eigenvalue weighted by Crippen LogP contribution is 2.46. The first-order chi connectivity index (χ1) is 23.8. The van der Waals surface area contributed by atoms with E-state index in [4.69, 9.17) is 27.9 Å². The molecular weight excluding hydrogens is 671 g/mol. The van der Waals surface area contributed by atoms with Gasteiger partial charge in [-0.15, -0.1) is 0 Å². The monoisotopic (exact) mass is 710 g/mol. The highest BCUT2D eigenvalue weighted by Gasteiger charge is 2.37. The van der Waals surface area contributed by atoms with Gasteiger partial charge < -0.3 is 28.4 Å². The topological polar surface area (TPSA) is 81.6 Å². The fraction of sp³-hybridized carbons (Fsp3) is 0.300. The Morgan fingerprint density at radius 3 is 2.30 bits per heavy atom. The van der Waals surface area contributed by atoms with E-state index in [2.05, 4.69) is 36.1 Å². The average molecular weight is 712 g/mol. The van der Waals surface area contributed by atoms with E-state index in [1.807, 2.05) is 69.2 Å². The highest BCUT2D eigenvalue weighted by atomic mass is 35.5. The molecule has 0 saturated carbocycles. The number of carbonyl (C=O) groups excluding carboxylic acids is 1. The molecule has 0 unspecified atom stereocenters. The molecular formula is C40H40Cl2N4O4. The van der Waals surface area contributed by atoms with Crippen molar-refractivity contribution in [2.75, 3.05) is 18.1 Å². The summed E-state index contributed by atoms with van der Waals surface area (Å²) in [6.07, 6.45) is 4.99. The second-order valence-corrected chi connectivity index (χ2v) is 14.4. The average Bonchev–Trinajstić information content (AvgIpc) is 3.68. The van der Waals surface area contributed by atoms with E-state index < -0.39 is 5.97 Å². The van der Waals surface area contributed by atoms with E-state index in [1.54, 1.807) is 16.8 Å². The molecule has 3 aromatic heterocycles. The van der Waals surface area contributed by atoms with Crippen molar-refractivity contribution in [1.82, 2.24) is 13.7 Å². The van der Waals surface area contributed by atoms with Crippen LogP contribution in [0.2, 0.25) is 10.0 Å². The standard InChI is InChI=1S/C40H40Cl2N4O4/c1-21-16-26(17-22(2)35(21)42)50-15-9-11-27-29-13-14-31(41)34(33-23(3)18-43(6)25(33)5)37(29)46-24(4)19-45(39(47)38(27)46)32-12-8-10-28-30(40(48)49)20-44(7)36(28)32/h8,10,12-14,16-18,20,24H,9,11,15,19H2,1-7H3,(H,48,49)/t24-/m1/s1. The minimum Gasteiger partial charge on any atom is -0.494 e. The maximum atomic E-state index is 15.0. The Labute approximate surface area is 301 Å². The van der Waals surface area contributed by atoms with E-state index in [0.29, 0.717) is 53.3 Å². The van der Waals surface area contributed by atoms with Gasteiger partial charge in [-0.1, -0.05) is 41.4 Å². The minimum atomic E-state index is -1.00. The Bertz CT molecular complexity index is 2360. The highest BCUT2D eigenvalue weighted by molar-refractivity contribution is 6.35. The van der Waals surface area contributed by atoms with Crippen molar-refractivity contribution in [3.05, 3.63) is 104 Å². The zero-order valence-corrected chi connectivity index (χ0v) is 30.8. The quantitative estimate of drug-likeness (QED) is 0.160. The molecule has 7 rings (SSSR count). The lowest BCUT2D eigenvalue weighted by molar-refractivity contribution is 0.0698. The number of benzene rings is 3. The molecule has 4 heterocycles. The fourth-order valence-electron chi connectivity index (χ4n) is 7.93. The van der Waals surface area contributed by atoms with Crippen LogP contribution in [0.25, 0.3) is 32.9 Å². The van der Waals surface area contributed by atoms with Crippen molar-refractivity contribution in [2.45, 2.75) is 53.5 Å². The molecule has 1 aliphatic rings. The lowest BCUT2D eigenvalue weighted by Crippen LogP contribution is -2.43. The van der Waals surface area contributed by atoms with Crippen LogP contribution in [-0.4, -0.2) is 43.8 Å². The molecule has 0 radical (unpaired) electrons. The van der Waals surface area contributed by atoms with Gasteiger partial charge in [-0.2, -0.15) is 0 Å². The van der Waals surface area contributed by atoms with Gasteiger partial charge in [0.15, 0.2) is 0 Å². The lowest BCUT2D eigenvalue weighted by atomic mass is 9.97. The zero-order valence-electron chi connectivity index (χ0n) is 29.3. The van der Waals surface area contributed by atoms with Crippen LogP contribution >= 0.6 is 23.2 Å². The van der Waals surface area contributed by atoms with Crippen LogP contribution in [0.4, 0.5) is 5.69 Å². The number of carboxylic acid groups (broad SMARTS) is 1. The number of hydrogen-bond donors (Lipinski definition) is 1. The molecule has 0 saturated heterocycles. The summed E-state index contributed by atoms with van der Waals surface area (Å²) >= 11 is 13.5. The van der Waals surface area contributed by atoms with Gasteiger partial charge in [-0.3, -0.25) is 4.79 Å². The Morgan fingerprint density at radius 2 is 1.64 bits per heavy atom. The van der Waals surface area contributed by atoms with Gasteiger partial charge in [0.25, 0.3) is 5.91 Å². The van der Waals surface area contributed by atoms with Crippen molar-refractivity contribution >= 4 is 62.6 Å². The first kappa shape index (κ1) is 33.8. The molecule has 258 valence electrons. The molecule has 0 aliphatic carbocycles. The van der Waals surface area contributed by atoms with E-state index in [1.165, 1.54) is 0 Å². The number of fused-ring (bicyclic) bond motifs is 4. The van der Waals surface area contributed by atoms with Crippen molar-refractivity contribution < 1.29 is 19.4 Å². The van der Waals surface area contributed by atoms with Crippen molar-refractivity contribution in [3.8, 4) is 16.9 Å². The maximum absolute atomic E-state index is 15.0. The molecule has 1 atom stereocenters. The number of carboxylic acids is 1. The first-order valence-corrected chi connectivity index (χ1v) is 17.6. The van der Waals surface area contributed by atoms with E-state index in [0.717, 1.165) is 60.7 Å².